The van der Waals surface area contributed by atoms with E-state index < -0.39 is 0 Å². The highest BCUT2D eigenvalue weighted by atomic mass is 32.2. The Kier molecular flexibility index (Phi) is 7.92. The van der Waals surface area contributed by atoms with E-state index in [0.717, 1.165) is 17.1 Å². The van der Waals surface area contributed by atoms with E-state index in [0.29, 0.717) is 18.0 Å². The average molecular weight is 357 g/mol. The van der Waals surface area contributed by atoms with Crippen molar-refractivity contribution in [1.82, 2.24) is 5.32 Å². The Bertz CT molecular complexity index is 701. The monoisotopic (exact) mass is 357 g/mol. The molecule has 0 heterocycles. The topological polar surface area (TPSA) is 47.6 Å². The van der Waals surface area contributed by atoms with Crippen LogP contribution in [0.2, 0.25) is 0 Å². The molecule has 0 bridgehead atoms. The lowest BCUT2D eigenvalue weighted by molar-refractivity contribution is -0.116. The highest BCUT2D eigenvalue weighted by molar-refractivity contribution is 7.98. The Labute approximate surface area is 153 Å². The van der Waals surface area contributed by atoms with Gasteiger partial charge in [-0.2, -0.15) is 11.8 Å². The summed E-state index contributed by atoms with van der Waals surface area (Å²) in [5.41, 5.74) is 2.18. The quantitative estimate of drug-likeness (QED) is 0.548. The summed E-state index contributed by atoms with van der Waals surface area (Å²) in [6.45, 7) is 0.645. The van der Waals surface area contributed by atoms with Crippen LogP contribution in [0.25, 0.3) is 6.08 Å². The minimum absolute atomic E-state index is 0.102. The standard InChI is InChI=1S/C20H23NO3S/c1-23-18-10-8-16(14-19(18)24-2)9-11-20(22)21-12-13-25-15-17-6-4-3-5-7-17/h3-11,14H,12-13,15H2,1-2H3,(H,21,22)/b11-9+. The number of methoxy groups -OCH3 is 2. The van der Waals surface area contributed by atoms with Crippen LogP contribution in [-0.4, -0.2) is 32.4 Å². The number of thioether (sulfide) groups is 1. The molecule has 0 spiro atoms. The molecule has 1 N–H and O–H groups in total. The van der Waals surface area contributed by atoms with Crippen LogP contribution in [0, 0.1) is 0 Å². The number of rotatable bonds is 9. The van der Waals surface area contributed by atoms with Gasteiger partial charge in [0.05, 0.1) is 14.2 Å². The third kappa shape index (κ3) is 6.55. The van der Waals surface area contributed by atoms with Crippen molar-refractivity contribution in [3.8, 4) is 11.5 Å². The van der Waals surface area contributed by atoms with Gasteiger partial charge in [0.1, 0.15) is 0 Å². The lowest BCUT2D eigenvalue weighted by atomic mass is 10.2. The molecule has 0 saturated heterocycles. The van der Waals surface area contributed by atoms with Gasteiger partial charge in [-0.1, -0.05) is 36.4 Å². The van der Waals surface area contributed by atoms with E-state index >= 15 is 0 Å². The Hall–Kier alpha value is -2.40. The molecule has 132 valence electrons. The van der Waals surface area contributed by atoms with Gasteiger partial charge in [-0.3, -0.25) is 4.79 Å². The molecule has 5 heteroatoms. The lowest BCUT2D eigenvalue weighted by Gasteiger charge is -2.07. The second-order valence-corrected chi connectivity index (χ2v) is 6.38. The number of hydrogen-bond acceptors (Lipinski definition) is 4. The van der Waals surface area contributed by atoms with E-state index in [1.807, 2.05) is 36.4 Å². The number of nitrogens with one attached hydrogen (secondary N) is 1. The number of amides is 1. The summed E-state index contributed by atoms with van der Waals surface area (Å²) in [6, 6.07) is 15.8. The van der Waals surface area contributed by atoms with E-state index in [9.17, 15) is 4.79 Å². The SMILES string of the molecule is COc1ccc(/C=C/C(=O)NCCSCc2ccccc2)cc1OC. The Morgan fingerprint density at radius 2 is 1.84 bits per heavy atom. The van der Waals surface area contributed by atoms with E-state index in [-0.39, 0.29) is 5.91 Å². The fraction of sp³-hybridized carbons (Fsp3) is 0.250. The van der Waals surface area contributed by atoms with Crippen LogP contribution < -0.4 is 14.8 Å². The number of hydrogen-bond donors (Lipinski definition) is 1. The van der Waals surface area contributed by atoms with Crippen LogP contribution in [0.3, 0.4) is 0 Å². The molecule has 0 radical (unpaired) electrons. The maximum Gasteiger partial charge on any atom is 0.244 e. The van der Waals surface area contributed by atoms with E-state index in [1.54, 1.807) is 32.1 Å². The Morgan fingerprint density at radius 1 is 1.08 bits per heavy atom. The number of carbonyl (C=O) groups is 1. The van der Waals surface area contributed by atoms with Gasteiger partial charge in [-0.05, 0) is 29.3 Å². The van der Waals surface area contributed by atoms with Crippen molar-refractivity contribution in [3.05, 3.63) is 65.7 Å². The third-order valence-corrected chi connectivity index (χ3v) is 4.52. The van der Waals surface area contributed by atoms with Gasteiger partial charge in [0.25, 0.3) is 0 Å². The van der Waals surface area contributed by atoms with Crippen molar-refractivity contribution >= 4 is 23.7 Å². The summed E-state index contributed by atoms with van der Waals surface area (Å²) in [5.74, 6) is 3.04. The zero-order valence-electron chi connectivity index (χ0n) is 14.5. The summed E-state index contributed by atoms with van der Waals surface area (Å²) in [7, 11) is 3.18. The molecule has 4 nitrogen and oxygen atoms in total. The molecule has 2 aromatic rings. The average Bonchev–Trinajstić information content (AvgIpc) is 2.66. The predicted molar refractivity (Wildman–Crippen MR) is 104 cm³/mol. The number of ether oxygens (including phenoxy) is 2. The van der Waals surface area contributed by atoms with Crippen LogP contribution in [0.5, 0.6) is 11.5 Å². The minimum Gasteiger partial charge on any atom is -0.493 e. The molecular weight excluding hydrogens is 334 g/mol. The second kappa shape index (κ2) is 10.5. The zero-order chi connectivity index (χ0) is 17.9. The van der Waals surface area contributed by atoms with Gasteiger partial charge in [-0.25, -0.2) is 0 Å². The molecule has 0 aromatic heterocycles. The van der Waals surface area contributed by atoms with Crippen molar-refractivity contribution in [2.45, 2.75) is 5.75 Å². The third-order valence-electron chi connectivity index (χ3n) is 3.49. The maximum atomic E-state index is 11.9. The van der Waals surface area contributed by atoms with Crippen LogP contribution in [0.15, 0.2) is 54.6 Å². The molecular formula is C20H23NO3S. The molecule has 0 fully saturated rings. The second-order valence-electron chi connectivity index (χ2n) is 5.28. The first kappa shape index (κ1) is 18.9. The Morgan fingerprint density at radius 3 is 2.56 bits per heavy atom. The maximum absolute atomic E-state index is 11.9. The fourth-order valence-corrected chi connectivity index (χ4v) is 3.02. The summed E-state index contributed by atoms with van der Waals surface area (Å²) in [4.78, 5) is 11.9. The molecule has 0 aliphatic rings. The van der Waals surface area contributed by atoms with Gasteiger partial charge < -0.3 is 14.8 Å². The Balaban J connectivity index is 1.72. The van der Waals surface area contributed by atoms with Crippen LogP contribution in [0.1, 0.15) is 11.1 Å². The van der Waals surface area contributed by atoms with Crippen molar-refractivity contribution < 1.29 is 14.3 Å². The van der Waals surface area contributed by atoms with Crippen LogP contribution in [-0.2, 0) is 10.5 Å². The van der Waals surface area contributed by atoms with Crippen LogP contribution >= 0.6 is 11.8 Å². The summed E-state index contributed by atoms with van der Waals surface area (Å²) < 4.78 is 10.4. The normalized spacial score (nSPS) is 10.6. The van der Waals surface area contributed by atoms with Crippen molar-refractivity contribution in [1.29, 1.82) is 0 Å². The molecule has 1 amide bonds. The molecule has 2 aromatic carbocycles. The van der Waals surface area contributed by atoms with E-state index in [2.05, 4.69) is 17.4 Å². The number of carbonyl (C=O) groups excluding carboxylic acids is 1. The summed E-state index contributed by atoms with van der Waals surface area (Å²) in [5, 5.41) is 2.89. The smallest absolute Gasteiger partial charge is 0.244 e. The molecule has 0 unspecified atom stereocenters. The minimum atomic E-state index is -0.102. The molecule has 25 heavy (non-hydrogen) atoms. The molecule has 0 atom stereocenters. The molecule has 0 aliphatic carbocycles. The molecule has 2 rings (SSSR count). The first-order valence-electron chi connectivity index (χ1n) is 8.02. The molecule has 0 saturated carbocycles. The zero-order valence-corrected chi connectivity index (χ0v) is 15.3. The van der Waals surface area contributed by atoms with Gasteiger partial charge in [0, 0.05) is 24.1 Å². The first-order valence-corrected chi connectivity index (χ1v) is 9.18. The predicted octanol–water partition coefficient (Wildman–Crippen LogP) is 3.77. The van der Waals surface area contributed by atoms with Crippen molar-refractivity contribution in [2.75, 3.05) is 26.5 Å². The molecule has 0 aliphatic heterocycles. The first-order chi connectivity index (χ1) is 12.2. The lowest BCUT2D eigenvalue weighted by Crippen LogP contribution is -2.23. The van der Waals surface area contributed by atoms with Gasteiger partial charge in [0.15, 0.2) is 11.5 Å². The van der Waals surface area contributed by atoms with Gasteiger partial charge >= 0.3 is 0 Å². The highest BCUT2D eigenvalue weighted by Crippen LogP contribution is 2.27. The van der Waals surface area contributed by atoms with Gasteiger partial charge in [-0.15, -0.1) is 0 Å². The van der Waals surface area contributed by atoms with Crippen molar-refractivity contribution in [2.24, 2.45) is 0 Å². The van der Waals surface area contributed by atoms with E-state index in [4.69, 9.17) is 9.47 Å². The highest BCUT2D eigenvalue weighted by Gasteiger charge is 2.03. The summed E-state index contributed by atoms with van der Waals surface area (Å²) >= 11 is 1.80. The van der Waals surface area contributed by atoms with Crippen LogP contribution in [0.4, 0.5) is 0 Å². The summed E-state index contributed by atoms with van der Waals surface area (Å²) in [6.07, 6.45) is 3.29. The van der Waals surface area contributed by atoms with Crippen molar-refractivity contribution in [3.63, 3.8) is 0 Å². The van der Waals surface area contributed by atoms with E-state index in [1.165, 1.54) is 11.6 Å². The number of benzene rings is 2. The fourth-order valence-electron chi connectivity index (χ4n) is 2.20. The van der Waals surface area contributed by atoms with Gasteiger partial charge in [0.2, 0.25) is 5.91 Å². The largest absolute Gasteiger partial charge is 0.493 e.